The molecule has 0 aliphatic rings. The van der Waals surface area contributed by atoms with E-state index < -0.39 is 0 Å². The van der Waals surface area contributed by atoms with Crippen LogP contribution in [0.5, 0.6) is 5.75 Å². The summed E-state index contributed by atoms with van der Waals surface area (Å²) in [5, 5.41) is 4.02. The fourth-order valence-electron chi connectivity index (χ4n) is 1.86. The van der Waals surface area contributed by atoms with Gasteiger partial charge in [0.15, 0.2) is 0 Å². The zero-order chi connectivity index (χ0) is 14.3. The molecule has 0 aromatic heterocycles. The Bertz CT molecular complexity index is 386. The lowest BCUT2D eigenvalue weighted by Crippen LogP contribution is -2.24. The van der Waals surface area contributed by atoms with Gasteiger partial charge in [-0.15, -0.1) is 0 Å². The molecule has 0 aliphatic heterocycles. The Morgan fingerprint density at radius 1 is 1.37 bits per heavy atom. The maximum atomic E-state index is 13.5. The molecule has 19 heavy (non-hydrogen) atoms. The summed E-state index contributed by atoms with van der Waals surface area (Å²) in [4.78, 5) is 0. The summed E-state index contributed by atoms with van der Waals surface area (Å²) < 4.78 is 18.8. The lowest BCUT2D eigenvalue weighted by molar-refractivity contribution is 0.401. The number of hydrogen-bond acceptors (Lipinski definition) is 3. The minimum atomic E-state index is -0.216. The molecule has 0 saturated heterocycles. The van der Waals surface area contributed by atoms with Crippen molar-refractivity contribution in [3.8, 4) is 5.75 Å². The first-order valence-electron chi connectivity index (χ1n) is 6.80. The van der Waals surface area contributed by atoms with Gasteiger partial charge in [-0.25, -0.2) is 4.39 Å². The Kier molecular flexibility index (Phi) is 7.24. The summed E-state index contributed by atoms with van der Waals surface area (Å²) >= 11 is 1.90. The summed E-state index contributed by atoms with van der Waals surface area (Å²) in [6.07, 6.45) is 1.14. The Balaban J connectivity index is 2.87. The number of ether oxygens (including phenoxy) is 1. The van der Waals surface area contributed by atoms with Crippen molar-refractivity contribution in [3.63, 3.8) is 0 Å². The summed E-state index contributed by atoms with van der Waals surface area (Å²) in [5.74, 6) is 1.45. The molecule has 1 aromatic rings. The fourth-order valence-corrected chi connectivity index (χ4v) is 2.92. The largest absolute Gasteiger partial charge is 0.496 e. The van der Waals surface area contributed by atoms with Crippen LogP contribution >= 0.6 is 11.8 Å². The van der Waals surface area contributed by atoms with Gasteiger partial charge in [0.1, 0.15) is 11.6 Å². The molecule has 1 N–H and O–H groups in total. The van der Waals surface area contributed by atoms with Gasteiger partial charge in [-0.1, -0.05) is 20.8 Å². The van der Waals surface area contributed by atoms with Gasteiger partial charge in [0.05, 0.1) is 7.11 Å². The average Bonchev–Trinajstić information content (AvgIpc) is 2.43. The van der Waals surface area contributed by atoms with Crippen LogP contribution in [-0.4, -0.2) is 24.7 Å². The van der Waals surface area contributed by atoms with Crippen LogP contribution in [0.2, 0.25) is 0 Å². The van der Waals surface area contributed by atoms with Crippen LogP contribution in [0.25, 0.3) is 0 Å². The van der Waals surface area contributed by atoms with Gasteiger partial charge in [0.25, 0.3) is 0 Å². The summed E-state index contributed by atoms with van der Waals surface area (Å²) in [6, 6.07) is 4.83. The highest BCUT2D eigenvalue weighted by atomic mass is 32.2. The van der Waals surface area contributed by atoms with Gasteiger partial charge in [-0.2, -0.15) is 11.8 Å². The zero-order valence-corrected chi connectivity index (χ0v) is 13.0. The van der Waals surface area contributed by atoms with Crippen LogP contribution < -0.4 is 10.1 Å². The van der Waals surface area contributed by atoms with E-state index in [-0.39, 0.29) is 11.9 Å². The number of benzene rings is 1. The van der Waals surface area contributed by atoms with Crippen LogP contribution in [0.15, 0.2) is 18.2 Å². The Morgan fingerprint density at radius 3 is 2.68 bits per heavy atom. The first kappa shape index (κ1) is 16.3. The molecule has 0 radical (unpaired) electrons. The number of methoxy groups -OCH3 is 1. The normalized spacial score (nSPS) is 14.2. The molecule has 0 spiro atoms. The van der Waals surface area contributed by atoms with Crippen LogP contribution in [0.4, 0.5) is 4.39 Å². The second-order valence-corrected chi connectivity index (χ2v) is 6.02. The van der Waals surface area contributed by atoms with Crippen molar-refractivity contribution < 1.29 is 9.13 Å². The predicted octanol–water partition coefficient (Wildman–Crippen LogP) is 4.02. The monoisotopic (exact) mass is 285 g/mol. The van der Waals surface area contributed by atoms with Crippen LogP contribution in [0.1, 0.15) is 38.8 Å². The third-order valence-electron chi connectivity index (χ3n) is 3.14. The van der Waals surface area contributed by atoms with Gasteiger partial charge in [-0.3, -0.25) is 0 Å². The molecule has 1 aromatic carbocycles. The minimum Gasteiger partial charge on any atom is -0.496 e. The van der Waals surface area contributed by atoms with Crippen molar-refractivity contribution in [1.82, 2.24) is 5.32 Å². The Labute approximate surface area is 120 Å². The fraction of sp³-hybridized carbons (Fsp3) is 0.600. The van der Waals surface area contributed by atoms with E-state index in [1.165, 1.54) is 6.07 Å². The molecule has 0 saturated carbocycles. The second kappa shape index (κ2) is 8.43. The van der Waals surface area contributed by atoms with Crippen molar-refractivity contribution in [2.75, 3.05) is 19.4 Å². The Morgan fingerprint density at radius 2 is 2.11 bits per heavy atom. The summed E-state index contributed by atoms with van der Waals surface area (Å²) in [5.41, 5.74) is 0.903. The standard InChI is InChI=1S/C15H24FNOS/c1-5-11(3)19-10-14(17-6-2)13-9-12(16)7-8-15(13)18-4/h7-9,11,14,17H,5-6,10H2,1-4H3. The van der Waals surface area contributed by atoms with Crippen molar-refractivity contribution in [3.05, 3.63) is 29.6 Å². The molecule has 2 nitrogen and oxygen atoms in total. The first-order chi connectivity index (χ1) is 9.12. The summed E-state index contributed by atoms with van der Waals surface area (Å²) in [7, 11) is 1.63. The quantitative estimate of drug-likeness (QED) is 0.779. The van der Waals surface area contributed by atoms with Crippen molar-refractivity contribution in [2.45, 2.75) is 38.5 Å². The van der Waals surface area contributed by atoms with Gasteiger partial charge in [0, 0.05) is 22.6 Å². The van der Waals surface area contributed by atoms with E-state index >= 15 is 0 Å². The van der Waals surface area contributed by atoms with E-state index in [1.54, 1.807) is 19.2 Å². The average molecular weight is 285 g/mol. The van der Waals surface area contributed by atoms with Gasteiger partial charge >= 0.3 is 0 Å². The molecule has 0 bridgehead atoms. The van der Waals surface area contributed by atoms with E-state index in [9.17, 15) is 4.39 Å². The van der Waals surface area contributed by atoms with Crippen LogP contribution in [-0.2, 0) is 0 Å². The highest BCUT2D eigenvalue weighted by Crippen LogP contribution is 2.30. The van der Waals surface area contributed by atoms with E-state index in [0.29, 0.717) is 5.25 Å². The number of rotatable bonds is 8. The molecule has 1 rings (SSSR count). The molecular formula is C15H24FNOS. The maximum absolute atomic E-state index is 13.5. The van der Waals surface area contributed by atoms with Gasteiger partial charge in [0.2, 0.25) is 0 Å². The lowest BCUT2D eigenvalue weighted by Gasteiger charge is -2.22. The number of thioether (sulfide) groups is 1. The van der Waals surface area contributed by atoms with Gasteiger partial charge in [-0.05, 0) is 31.2 Å². The molecule has 108 valence electrons. The van der Waals surface area contributed by atoms with Crippen molar-refractivity contribution in [1.29, 1.82) is 0 Å². The zero-order valence-electron chi connectivity index (χ0n) is 12.2. The third-order valence-corrected chi connectivity index (χ3v) is 4.57. The highest BCUT2D eigenvalue weighted by Gasteiger charge is 2.17. The molecule has 0 aliphatic carbocycles. The topological polar surface area (TPSA) is 21.3 Å². The number of hydrogen-bond donors (Lipinski definition) is 1. The minimum absolute atomic E-state index is 0.120. The summed E-state index contributed by atoms with van der Waals surface area (Å²) in [6.45, 7) is 7.32. The van der Waals surface area contributed by atoms with E-state index in [0.717, 1.165) is 30.0 Å². The molecule has 0 amide bonds. The molecule has 0 heterocycles. The molecule has 2 unspecified atom stereocenters. The van der Waals surface area contributed by atoms with E-state index in [4.69, 9.17) is 4.74 Å². The number of halogens is 1. The number of nitrogens with one attached hydrogen (secondary N) is 1. The first-order valence-corrected chi connectivity index (χ1v) is 7.85. The van der Waals surface area contributed by atoms with Crippen LogP contribution in [0.3, 0.4) is 0 Å². The maximum Gasteiger partial charge on any atom is 0.123 e. The smallest absolute Gasteiger partial charge is 0.123 e. The van der Waals surface area contributed by atoms with Crippen molar-refractivity contribution in [2.24, 2.45) is 0 Å². The molecule has 4 heteroatoms. The van der Waals surface area contributed by atoms with E-state index in [2.05, 4.69) is 26.1 Å². The highest BCUT2D eigenvalue weighted by molar-refractivity contribution is 7.99. The van der Waals surface area contributed by atoms with Gasteiger partial charge < -0.3 is 10.1 Å². The molecule has 0 fully saturated rings. The molecular weight excluding hydrogens is 261 g/mol. The molecule has 2 atom stereocenters. The lowest BCUT2D eigenvalue weighted by atomic mass is 10.1. The van der Waals surface area contributed by atoms with Crippen molar-refractivity contribution >= 4 is 11.8 Å². The van der Waals surface area contributed by atoms with E-state index in [1.807, 2.05) is 11.8 Å². The Hall–Kier alpha value is -0.740. The van der Waals surface area contributed by atoms with Crippen LogP contribution in [0, 0.1) is 5.82 Å². The third kappa shape index (κ3) is 5.03. The SMILES string of the molecule is CCNC(CSC(C)CC)c1cc(F)ccc1OC. The predicted molar refractivity (Wildman–Crippen MR) is 81.6 cm³/mol. The second-order valence-electron chi connectivity index (χ2n) is 4.55.